The number of ether oxygens (including phenoxy) is 1. The van der Waals surface area contributed by atoms with Gasteiger partial charge in [0.05, 0.1) is 6.61 Å². The van der Waals surface area contributed by atoms with Crippen LogP contribution in [0.2, 0.25) is 0 Å². The molecule has 0 bridgehead atoms. The highest BCUT2D eigenvalue weighted by Crippen LogP contribution is 2.25. The maximum Gasteiger partial charge on any atom is 0.119 e. The summed E-state index contributed by atoms with van der Waals surface area (Å²) < 4.78 is 5.66. The number of benzene rings is 1. The normalized spacial score (nSPS) is 23.2. The third-order valence-corrected chi connectivity index (χ3v) is 3.80. The van der Waals surface area contributed by atoms with E-state index in [1.165, 1.54) is 24.8 Å². The molecule has 0 saturated heterocycles. The lowest BCUT2D eigenvalue weighted by Gasteiger charge is -2.17. The standard InChI is InChI=1S/C16H25NO/c1-3-10-18-15-8-5-7-14(11-15)12-17-16-9-4-6-13(16)2/h5,7-8,11,13,16-17H,3-4,6,9-10,12H2,1-2H3. The highest BCUT2D eigenvalue weighted by atomic mass is 16.5. The van der Waals surface area contributed by atoms with E-state index in [4.69, 9.17) is 4.74 Å². The van der Waals surface area contributed by atoms with E-state index < -0.39 is 0 Å². The third-order valence-electron chi connectivity index (χ3n) is 3.80. The number of rotatable bonds is 6. The average Bonchev–Trinajstić information content (AvgIpc) is 2.80. The van der Waals surface area contributed by atoms with E-state index in [1.54, 1.807) is 0 Å². The summed E-state index contributed by atoms with van der Waals surface area (Å²) in [4.78, 5) is 0. The van der Waals surface area contributed by atoms with Crippen LogP contribution in [0.15, 0.2) is 24.3 Å². The van der Waals surface area contributed by atoms with Gasteiger partial charge in [-0.25, -0.2) is 0 Å². The molecule has 0 aliphatic heterocycles. The summed E-state index contributed by atoms with van der Waals surface area (Å²) in [6.07, 6.45) is 5.13. The van der Waals surface area contributed by atoms with Crippen molar-refractivity contribution in [2.75, 3.05) is 6.61 Å². The van der Waals surface area contributed by atoms with E-state index in [9.17, 15) is 0 Å². The Bertz CT molecular complexity index is 364. The molecule has 2 atom stereocenters. The van der Waals surface area contributed by atoms with Gasteiger partial charge in [0.15, 0.2) is 0 Å². The molecule has 100 valence electrons. The molecule has 0 spiro atoms. The molecule has 18 heavy (non-hydrogen) atoms. The van der Waals surface area contributed by atoms with E-state index in [1.807, 2.05) is 6.07 Å². The first kappa shape index (κ1) is 13.4. The lowest BCUT2D eigenvalue weighted by molar-refractivity contribution is 0.317. The summed E-state index contributed by atoms with van der Waals surface area (Å²) in [5.41, 5.74) is 1.32. The maximum absolute atomic E-state index is 5.66. The van der Waals surface area contributed by atoms with Crippen LogP contribution in [0.3, 0.4) is 0 Å². The van der Waals surface area contributed by atoms with E-state index in [-0.39, 0.29) is 0 Å². The molecule has 0 aromatic heterocycles. The summed E-state index contributed by atoms with van der Waals surface area (Å²) in [5, 5.41) is 3.68. The fraction of sp³-hybridized carbons (Fsp3) is 0.625. The smallest absolute Gasteiger partial charge is 0.119 e. The van der Waals surface area contributed by atoms with Gasteiger partial charge in [-0.05, 0) is 42.9 Å². The van der Waals surface area contributed by atoms with Crippen molar-refractivity contribution in [1.29, 1.82) is 0 Å². The van der Waals surface area contributed by atoms with Crippen LogP contribution in [0.4, 0.5) is 0 Å². The zero-order valence-electron chi connectivity index (χ0n) is 11.6. The summed E-state index contributed by atoms with van der Waals surface area (Å²) in [6.45, 7) is 6.24. The molecule has 1 aliphatic rings. The van der Waals surface area contributed by atoms with E-state index in [2.05, 4.69) is 37.4 Å². The van der Waals surface area contributed by atoms with Gasteiger partial charge >= 0.3 is 0 Å². The third kappa shape index (κ3) is 3.74. The van der Waals surface area contributed by atoms with Gasteiger partial charge in [0.25, 0.3) is 0 Å². The van der Waals surface area contributed by atoms with Crippen molar-refractivity contribution in [3.8, 4) is 5.75 Å². The largest absolute Gasteiger partial charge is 0.494 e. The Kier molecular flexibility index (Phi) is 5.06. The Labute approximate surface area is 111 Å². The fourth-order valence-corrected chi connectivity index (χ4v) is 2.66. The Balaban J connectivity index is 1.84. The maximum atomic E-state index is 5.66. The molecule has 0 radical (unpaired) electrons. The second kappa shape index (κ2) is 6.79. The van der Waals surface area contributed by atoms with Crippen molar-refractivity contribution in [2.24, 2.45) is 5.92 Å². The molecule has 2 unspecified atom stereocenters. The van der Waals surface area contributed by atoms with Gasteiger partial charge in [-0.3, -0.25) is 0 Å². The number of nitrogens with one attached hydrogen (secondary N) is 1. The predicted molar refractivity (Wildman–Crippen MR) is 75.9 cm³/mol. The van der Waals surface area contributed by atoms with Crippen LogP contribution in [0.5, 0.6) is 5.75 Å². The highest BCUT2D eigenvalue weighted by molar-refractivity contribution is 5.28. The van der Waals surface area contributed by atoms with Crippen molar-refractivity contribution in [2.45, 2.75) is 52.1 Å². The van der Waals surface area contributed by atoms with Crippen LogP contribution >= 0.6 is 0 Å². The van der Waals surface area contributed by atoms with Crippen LogP contribution in [-0.4, -0.2) is 12.6 Å². The van der Waals surface area contributed by atoms with Crippen LogP contribution in [0.1, 0.15) is 45.1 Å². The fourth-order valence-electron chi connectivity index (χ4n) is 2.66. The summed E-state index contributed by atoms with van der Waals surface area (Å²) in [5.74, 6) is 1.82. The van der Waals surface area contributed by atoms with E-state index in [0.717, 1.165) is 31.2 Å². The quantitative estimate of drug-likeness (QED) is 0.826. The first-order valence-corrected chi connectivity index (χ1v) is 7.24. The molecular weight excluding hydrogens is 222 g/mol. The minimum absolute atomic E-state index is 0.699. The van der Waals surface area contributed by atoms with Gasteiger partial charge in [0.2, 0.25) is 0 Å². The molecule has 1 aliphatic carbocycles. The Morgan fingerprint density at radius 3 is 2.94 bits per heavy atom. The minimum atomic E-state index is 0.699. The summed E-state index contributed by atoms with van der Waals surface area (Å²) >= 11 is 0. The Morgan fingerprint density at radius 1 is 1.33 bits per heavy atom. The molecule has 2 nitrogen and oxygen atoms in total. The minimum Gasteiger partial charge on any atom is -0.494 e. The topological polar surface area (TPSA) is 21.3 Å². The van der Waals surface area contributed by atoms with Crippen LogP contribution in [0, 0.1) is 5.92 Å². The first-order valence-electron chi connectivity index (χ1n) is 7.24. The van der Waals surface area contributed by atoms with Crippen LogP contribution < -0.4 is 10.1 Å². The first-order chi connectivity index (χ1) is 8.79. The summed E-state index contributed by atoms with van der Waals surface area (Å²) in [7, 11) is 0. The van der Waals surface area contributed by atoms with Crippen molar-refractivity contribution < 1.29 is 4.74 Å². The predicted octanol–water partition coefficient (Wildman–Crippen LogP) is 3.75. The van der Waals surface area contributed by atoms with E-state index >= 15 is 0 Å². The monoisotopic (exact) mass is 247 g/mol. The number of hydrogen-bond donors (Lipinski definition) is 1. The molecule has 1 saturated carbocycles. The van der Waals surface area contributed by atoms with Crippen molar-refractivity contribution >= 4 is 0 Å². The zero-order valence-corrected chi connectivity index (χ0v) is 11.6. The highest BCUT2D eigenvalue weighted by Gasteiger charge is 2.22. The summed E-state index contributed by atoms with van der Waals surface area (Å²) in [6, 6.07) is 9.15. The van der Waals surface area contributed by atoms with Gasteiger partial charge in [-0.2, -0.15) is 0 Å². The van der Waals surface area contributed by atoms with Crippen LogP contribution in [0.25, 0.3) is 0 Å². The van der Waals surface area contributed by atoms with Crippen LogP contribution in [-0.2, 0) is 6.54 Å². The van der Waals surface area contributed by atoms with Crippen molar-refractivity contribution in [1.82, 2.24) is 5.32 Å². The van der Waals surface area contributed by atoms with Gasteiger partial charge in [-0.1, -0.05) is 32.4 Å². The van der Waals surface area contributed by atoms with Gasteiger partial charge in [0.1, 0.15) is 5.75 Å². The molecule has 1 aromatic carbocycles. The van der Waals surface area contributed by atoms with Crippen molar-refractivity contribution in [3.05, 3.63) is 29.8 Å². The number of hydrogen-bond acceptors (Lipinski definition) is 2. The SMILES string of the molecule is CCCOc1cccc(CNC2CCCC2C)c1. The Hall–Kier alpha value is -1.02. The van der Waals surface area contributed by atoms with Gasteiger partial charge in [0, 0.05) is 12.6 Å². The molecular formula is C16H25NO. The molecule has 1 aromatic rings. The molecule has 0 amide bonds. The second-order valence-electron chi connectivity index (χ2n) is 5.39. The van der Waals surface area contributed by atoms with Crippen molar-refractivity contribution in [3.63, 3.8) is 0 Å². The molecule has 2 rings (SSSR count). The van der Waals surface area contributed by atoms with E-state index in [0.29, 0.717) is 6.04 Å². The Morgan fingerprint density at radius 2 is 2.22 bits per heavy atom. The molecule has 1 fully saturated rings. The lowest BCUT2D eigenvalue weighted by Crippen LogP contribution is -2.30. The lowest BCUT2D eigenvalue weighted by atomic mass is 10.1. The molecule has 2 heteroatoms. The molecule has 1 N–H and O–H groups in total. The zero-order chi connectivity index (χ0) is 12.8. The van der Waals surface area contributed by atoms with Gasteiger partial charge in [-0.15, -0.1) is 0 Å². The average molecular weight is 247 g/mol. The molecule has 0 heterocycles. The van der Waals surface area contributed by atoms with Gasteiger partial charge < -0.3 is 10.1 Å². The second-order valence-corrected chi connectivity index (χ2v) is 5.39.